The first kappa shape index (κ1) is 15.0. The molecule has 1 aromatic carbocycles. The van der Waals surface area contributed by atoms with Gasteiger partial charge in [-0.2, -0.15) is 0 Å². The summed E-state index contributed by atoms with van der Waals surface area (Å²) in [5.41, 5.74) is 7.80. The predicted molar refractivity (Wildman–Crippen MR) is 81.9 cm³/mol. The van der Waals surface area contributed by atoms with Crippen LogP contribution < -0.4 is 5.73 Å². The van der Waals surface area contributed by atoms with Crippen molar-refractivity contribution in [3.63, 3.8) is 0 Å². The van der Waals surface area contributed by atoms with Crippen LogP contribution in [-0.2, 0) is 9.31 Å². The lowest BCUT2D eigenvalue weighted by Crippen LogP contribution is -2.41. The molecule has 3 nitrogen and oxygen atoms in total. The normalized spacial score (nSPS) is 22.6. The second kappa shape index (κ2) is 4.88. The Hall–Kier alpha value is -0.355. The maximum Gasteiger partial charge on any atom is 0.480 e. The second-order valence-corrected chi connectivity index (χ2v) is 7.03. The molecule has 0 saturated carbocycles. The minimum absolute atomic E-state index is 0.309. The molecule has 1 atom stereocenters. The van der Waals surface area contributed by atoms with Crippen molar-refractivity contribution in [3.8, 4) is 0 Å². The van der Waals surface area contributed by atoms with Crippen LogP contribution in [0.3, 0.4) is 0 Å². The standard InChI is InChI=1S/C14H21BBrNO2/c1-9-6-7-10(11(16)8-9)12(17)15-18-13(2,3)14(4,5)19-15/h6-8,12H,17H2,1-5H3. The average molecular weight is 326 g/mol. The fourth-order valence-corrected chi connectivity index (χ4v) is 2.84. The molecule has 0 aromatic heterocycles. The number of halogens is 1. The van der Waals surface area contributed by atoms with Gasteiger partial charge in [0.05, 0.1) is 17.1 Å². The molecule has 1 aliphatic rings. The van der Waals surface area contributed by atoms with Crippen LogP contribution in [0.5, 0.6) is 0 Å². The summed E-state index contributed by atoms with van der Waals surface area (Å²) < 4.78 is 13.0. The van der Waals surface area contributed by atoms with Gasteiger partial charge >= 0.3 is 7.12 Å². The molecule has 1 heterocycles. The second-order valence-electron chi connectivity index (χ2n) is 6.18. The van der Waals surface area contributed by atoms with E-state index in [1.807, 2.05) is 39.8 Å². The number of hydrogen-bond donors (Lipinski definition) is 1. The highest BCUT2D eigenvalue weighted by atomic mass is 79.9. The minimum Gasteiger partial charge on any atom is -0.402 e. The highest BCUT2D eigenvalue weighted by Crippen LogP contribution is 2.40. The van der Waals surface area contributed by atoms with E-state index in [2.05, 4.69) is 28.9 Å². The Bertz CT molecular complexity index is 474. The molecule has 5 heteroatoms. The molecule has 1 saturated heterocycles. The third-order valence-corrected chi connectivity index (χ3v) is 4.77. The van der Waals surface area contributed by atoms with E-state index in [0.717, 1.165) is 10.0 Å². The number of hydrogen-bond acceptors (Lipinski definition) is 3. The molecule has 104 valence electrons. The van der Waals surface area contributed by atoms with Gasteiger partial charge in [-0.1, -0.05) is 28.1 Å². The molecule has 0 amide bonds. The fraction of sp³-hybridized carbons (Fsp3) is 0.571. The van der Waals surface area contributed by atoms with Gasteiger partial charge in [-0.05, 0) is 51.8 Å². The molecule has 2 rings (SSSR count). The van der Waals surface area contributed by atoms with Crippen molar-refractivity contribution in [2.45, 2.75) is 51.8 Å². The zero-order valence-corrected chi connectivity index (χ0v) is 13.7. The largest absolute Gasteiger partial charge is 0.480 e. The molecule has 1 aliphatic heterocycles. The third-order valence-electron chi connectivity index (χ3n) is 4.08. The van der Waals surface area contributed by atoms with Crippen LogP contribution in [0.4, 0.5) is 0 Å². The maximum absolute atomic E-state index is 6.31. The van der Waals surface area contributed by atoms with Crippen LogP contribution in [0.25, 0.3) is 0 Å². The van der Waals surface area contributed by atoms with Gasteiger partial charge < -0.3 is 15.0 Å². The van der Waals surface area contributed by atoms with Crippen molar-refractivity contribution in [1.29, 1.82) is 0 Å². The molecule has 0 aliphatic carbocycles. The highest BCUT2D eigenvalue weighted by molar-refractivity contribution is 9.10. The molecule has 1 unspecified atom stereocenters. The monoisotopic (exact) mass is 325 g/mol. The lowest BCUT2D eigenvalue weighted by Gasteiger charge is -2.32. The van der Waals surface area contributed by atoms with Gasteiger partial charge in [0.2, 0.25) is 0 Å². The Labute approximate surface area is 124 Å². The summed E-state index contributed by atoms with van der Waals surface area (Å²) in [6.07, 6.45) is 0. The predicted octanol–water partition coefficient (Wildman–Crippen LogP) is 3.39. The van der Waals surface area contributed by atoms with Gasteiger partial charge in [-0.15, -0.1) is 0 Å². The SMILES string of the molecule is Cc1ccc(C(N)B2OC(C)(C)C(C)(C)O2)c(Br)c1. The molecule has 0 bridgehead atoms. The van der Waals surface area contributed by atoms with E-state index in [0.29, 0.717) is 0 Å². The number of aryl methyl sites for hydroxylation is 1. The first-order chi connectivity index (χ1) is 8.64. The summed E-state index contributed by atoms with van der Waals surface area (Å²) in [7, 11) is -0.427. The van der Waals surface area contributed by atoms with Crippen molar-refractivity contribution in [1.82, 2.24) is 0 Å². The van der Waals surface area contributed by atoms with E-state index < -0.39 is 7.12 Å². The molecule has 0 spiro atoms. The van der Waals surface area contributed by atoms with Gasteiger partial charge in [0.25, 0.3) is 0 Å². The highest BCUT2D eigenvalue weighted by Gasteiger charge is 2.53. The lowest BCUT2D eigenvalue weighted by molar-refractivity contribution is 0.00578. The van der Waals surface area contributed by atoms with Gasteiger partial charge in [0.15, 0.2) is 0 Å². The Balaban J connectivity index is 2.24. The number of nitrogens with two attached hydrogens (primary N) is 1. The zero-order valence-electron chi connectivity index (χ0n) is 12.2. The summed E-state index contributed by atoms with van der Waals surface area (Å²) in [5.74, 6) is -0.309. The summed E-state index contributed by atoms with van der Waals surface area (Å²) in [6, 6.07) is 6.13. The molecule has 19 heavy (non-hydrogen) atoms. The molecular weight excluding hydrogens is 305 g/mol. The molecule has 1 fully saturated rings. The first-order valence-corrected chi connectivity index (χ1v) is 7.31. The van der Waals surface area contributed by atoms with E-state index in [4.69, 9.17) is 15.0 Å². The Morgan fingerprint density at radius 2 is 1.68 bits per heavy atom. The van der Waals surface area contributed by atoms with Gasteiger partial charge in [0.1, 0.15) is 0 Å². The van der Waals surface area contributed by atoms with Crippen LogP contribution in [-0.4, -0.2) is 18.3 Å². The minimum atomic E-state index is -0.427. The van der Waals surface area contributed by atoms with Crippen molar-refractivity contribution < 1.29 is 9.31 Å². The van der Waals surface area contributed by atoms with Crippen LogP contribution in [0.15, 0.2) is 22.7 Å². The van der Waals surface area contributed by atoms with E-state index in [1.54, 1.807) is 0 Å². The van der Waals surface area contributed by atoms with E-state index in [9.17, 15) is 0 Å². The topological polar surface area (TPSA) is 44.5 Å². The summed E-state index contributed by atoms with van der Waals surface area (Å²) in [4.78, 5) is 0. The van der Waals surface area contributed by atoms with Crippen molar-refractivity contribution in [3.05, 3.63) is 33.8 Å². The lowest BCUT2D eigenvalue weighted by atomic mass is 9.75. The Kier molecular flexibility index (Phi) is 3.86. The molecule has 0 radical (unpaired) electrons. The summed E-state index contributed by atoms with van der Waals surface area (Å²) >= 11 is 3.56. The first-order valence-electron chi connectivity index (χ1n) is 6.51. The fourth-order valence-electron chi connectivity index (χ4n) is 2.08. The van der Waals surface area contributed by atoms with Gasteiger partial charge in [0, 0.05) is 4.47 Å². The van der Waals surface area contributed by atoms with Crippen molar-refractivity contribution in [2.75, 3.05) is 0 Å². The smallest absolute Gasteiger partial charge is 0.402 e. The van der Waals surface area contributed by atoms with Crippen molar-refractivity contribution >= 4 is 23.0 Å². The third kappa shape index (κ3) is 2.75. The van der Waals surface area contributed by atoms with Crippen LogP contribution in [0, 0.1) is 6.92 Å². The van der Waals surface area contributed by atoms with Crippen LogP contribution >= 0.6 is 15.9 Å². The summed E-state index contributed by atoms with van der Waals surface area (Å²) in [5, 5.41) is 0. The van der Waals surface area contributed by atoms with E-state index in [1.165, 1.54) is 5.56 Å². The maximum atomic E-state index is 6.31. The van der Waals surface area contributed by atoms with Gasteiger partial charge in [-0.3, -0.25) is 0 Å². The average Bonchev–Trinajstić information content (AvgIpc) is 2.47. The summed E-state index contributed by atoms with van der Waals surface area (Å²) in [6.45, 7) is 10.2. The molecule has 1 aromatic rings. The van der Waals surface area contributed by atoms with Crippen LogP contribution in [0.2, 0.25) is 0 Å². The van der Waals surface area contributed by atoms with Crippen molar-refractivity contribution in [2.24, 2.45) is 5.73 Å². The van der Waals surface area contributed by atoms with Crippen LogP contribution in [0.1, 0.15) is 44.8 Å². The molecular formula is C14H21BBrNO2. The Morgan fingerprint density at radius 1 is 1.16 bits per heavy atom. The number of rotatable bonds is 2. The number of benzene rings is 1. The molecule has 2 N–H and O–H groups in total. The zero-order chi connectivity index (χ0) is 14.4. The van der Waals surface area contributed by atoms with Gasteiger partial charge in [-0.25, -0.2) is 0 Å². The Morgan fingerprint density at radius 3 is 2.16 bits per heavy atom. The van der Waals surface area contributed by atoms with E-state index >= 15 is 0 Å². The van der Waals surface area contributed by atoms with E-state index in [-0.39, 0.29) is 17.1 Å². The quantitative estimate of drug-likeness (QED) is 0.848.